The van der Waals surface area contributed by atoms with Crippen molar-refractivity contribution in [2.45, 2.75) is 72.6 Å². The number of hydrogen-bond donors (Lipinski definition) is 2. The first-order valence-electron chi connectivity index (χ1n) is 11.8. The highest BCUT2D eigenvalue weighted by atomic mass is 16.6. The molecule has 0 heterocycles. The van der Waals surface area contributed by atoms with Gasteiger partial charge in [0.15, 0.2) is 0 Å². The van der Waals surface area contributed by atoms with Gasteiger partial charge in [0.25, 0.3) is 0 Å². The van der Waals surface area contributed by atoms with E-state index in [1.807, 2.05) is 39.8 Å². The first-order chi connectivity index (χ1) is 16.7. The predicted octanol–water partition coefficient (Wildman–Crippen LogP) is 2.93. The quantitative estimate of drug-likeness (QED) is 0.371. The lowest BCUT2D eigenvalue weighted by Crippen LogP contribution is -2.53. The number of nitrogens with zero attached hydrogens (tertiary/aromatic N) is 2. The Balaban J connectivity index is 3.48. The average Bonchev–Trinajstić information content (AvgIpc) is 2.76. The Morgan fingerprint density at radius 3 is 2.25 bits per heavy atom. The summed E-state index contributed by atoms with van der Waals surface area (Å²) in [4.78, 5) is 52.3. The van der Waals surface area contributed by atoms with Gasteiger partial charge in [0.1, 0.15) is 30.8 Å². The van der Waals surface area contributed by atoms with Crippen LogP contribution in [0.25, 0.3) is 0 Å². The minimum absolute atomic E-state index is 0.00560. The molecule has 1 aromatic carbocycles. The predicted molar refractivity (Wildman–Crippen MR) is 134 cm³/mol. The van der Waals surface area contributed by atoms with Gasteiger partial charge in [-0.05, 0) is 63.6 Å². The summed E-state index contributed by atoms with van der Waals surface area (Å²) in [6.45, 7) is 11.8. The number of carbonyl (C=O) groups excluding carboxylic acids is 4. The molecule has 2 unspecified atom stereocenters. The molecule has 0 aromatic heterocycles. The largest absolute Gasteiger partial charge is 0.468 e. The van der Waals surface area contributed by atoms with Crippen molar-refractivity contribution in [2.75, 3.05) is 20.2 Å². The number of methoxy groups -OCH3 is 1. The van der Waals surface area contributed by atoms with Crippen molar-refractivity contribution in [3.8, 4) is 6.07 Å². The third-order valence-corrected chi connectivity index (χ3v) is 5.26. The average molecular weight is 503 g/mol. The van der Waals surface area contributed by atoms with Crippen LogP contribution in [0.4, 0.5) is 4.79 Å². The van der Waals surface area contributed by atoms with Gasteiger partial charge < -0.3 is 25.0 Å². The van der Waals surface area contributed by atoms with Gasteiger partial charge in [-0.25, -0.2) is 4.79 Å². The molecule has 2 atom stereocenters. The fourth-order valence-electron chi connectivity index (χ4n) is 3.45. The molecular formula is C26H38N4O6. The number of carbonyl (C=O) groups is 4. The Morgan fingerprint density at radius 2 is 1.75 bits per heavy atom. The highest BCUT2D eigenvalue weighted by Crippen LogP contribution is 2.25. The first-order valence-corrected chi connectivity index (χ1v) is 11.8. The number of nitriles is 1. The second-order valence-corrected chi connectivity index (χ2v) is 9.99. The summed E-state index contributed by atoms with van der Waals surface area (Å²) < 4.78 is 9.92. The monoisotopic (exact) mass is 502 g/mol. The van der Waals surface area contributed by atoms with Crippen LogP contribution in [-0.4, -0.2) is 60.6 Å². The summed E-state index contributed by atoms with van der Waals surface area (Å²) in [6.07, 6.45) is -0.528. The number of amides is 3. The second kappa shape index (κ2) is 13.5. The second-order valence-electron chi connectivity index (χ2n) is 9.99. The highest BCUT2D eigenvalue weighted by Gasteiger charge is 2.36. The van der Waals surface area contributed by atoms with Crippen molar-refractivity contribution in [3.63, 3.8) is 0 Å². The van der Waals surface area contributed by atoms with E-state index in [0.717, 1.165) is 16.0 Å². The van der Waals surface area contributed by atoms with E-state index in [1.54, 1.807) is 32.9 Å². The van der Waals surface area contributed by atoms with E-state index in [1.165, 1.54) is 7.11 Å². The summed E-state index contributed by atoms with van der Waals surface area (Å²) >= 11 is 0. The summed E-state index contributed by atoms with van der Waals surface area (Å²) in [5, 5.41) is 14.6. The van der Waals surface area contributed by atoms with Crippen molar-refractivity contribution < 1.29 is 28.7 Å². The first kappa shape index (κ1) is 30.4. The van der Waals surface area contributed by atoms with Gasteiger partial charge in [-0.1, -0.05) is 32.0 Å². The molecule has 3 amide bonds. The van der Waals surface area contributed by atoms with Crippen LogP contribution in [0.1, 0.15) is 63.8 Å². The number of aryl methyl sites for hydroxylation is 2. The van der Waals surface area contributed by atoms with Crippen molar-refractivity contribution in [1.82, 2.24) is 15.5 Å². The third-order valence-electron chi connectivity index (χ3n) is 5.26. The Labute approximate surface area is 213 Å². The van der Waals surface area contributed by atoms with Crippen LogP contribution in [0.15, 0.2) is 18.2 Å². The van der Waals surface area contributed by atoms with Crippen LogP contribution in [0.2, 0.25) is 0 Å². The molecule has 10 heteroatoms. The summed E-state index contributed by atoms with van der Waals surface area (Å²) in [5.74, 6) is -1.93. The van der Waals surface area contributed by atoms with Crippen LogP contribution in [0, 0.1) is 31.1 Å². The molecule has 0 saturated heterocycles. The highest BCUT2D eigenvalue weighted by molar-refractivity contribution is 5.93. The van der Waals surface area contributed by atoms with Gasteiger partial charge in [0.05, 0.1) is 13.2 Å². The van der Waals surface area contributed by atoms with Crippen molar-refractivity contribution >= 4 is 23.9 Å². The molecule has 0 radical (unpaired) electrons. The van der Waals surface area contributed by atoms with E-state index in [-0.39, 0.29) is 12.3 Å². The number of esters is 1. The van der Waals surface area contributed by atoms with Gasteiger partial charge in [-0.2, -0.15) is 5.26 Å². The molecule has 0 aliphatic carbocycles. The zero-order chi connectivity index (χ0) is 27.6. The number of hydrogen-bond acceptors (Lipinski definition) is 7. The maximum absolute atomic E-state index is 13.8. The van der Waals surface area contributed by atoms with E-state index in [4.69, 9.17) is 4.74 Å². The molecule has 0 aliphatic heterocycles. The lowest BCUT2D eigenvalue weighted by Gasteiger charge is -2.33. The zero-order valence-corrected chi connectivity index (χ0v) is 22.4. The molecular weight excluding hydrogens is 464 g/mol. The van der Waals surface area contributed by atoms with Crippen molar-refractivity contribution in [2.24, 2.45) is 5.92 Å². The van der Waals surface area contributed by atoms with Gasteiger partial charge >= 0.3 is 12.1 Å². The lowest BCUT2D eigenvalue weighted by molar-refractivity contribution is -0.144. The van der Waals surface area contributed by atoms with Crippen LogP contribution in [0.3, 0.4) is 0 Å². The molecule has 1 rings (SSSR count). The number of rotatable bonds is 10. The summed E-state index contributed by atoms with van der Waals surface area (Å²) in [5.41, 5.74) is 1.55. The van der Waals surface area contributed by atoms with Gasteiger partial charge in [-0.15, -0.1) is 0 Å². The third kappa shape index (κ3) is 9.56. The maximum atomic E-state index is 13.8. The van der Waals surface area contributed by atoms with E-state index in [9.17, 15) is 24.4 Å². The SMILES string of the molecule is COC(=O)CNC(=O)C(c1ccc(C)c(C)c1)N(CC#N)C(=O)C(CC(C)C)NC(=O)OC(C)(C)C. The molecule has 0 saturated carbocycles. The fraction of sp³-hybridized carbons (Fsp3) is 0.577. The molecule has 0 bridgehead atoms. The molecule has 10 nitrogen and oxygen atoms in total. The van der Waals surface area contributed by atoms with Crippen LogP contribution in [0.5, 0.6) is 0 Å². The van der Waals surface area contributed by atoms with E-state index >= 15 is 0 Å². The van der Waals surface area contributed by atoms with Gasteiger partial charge in [0.2, 0.25) is 11.8 Å². The zero-order valence-electron chi connectivity index (χ0n) is 22.4. The molecule has 198 valence electrons. The molecule has 1 aromatic rings. The topological polar surface area (TPSA) is 138 Å². The molecule has 0 aliphatic rings. The Bertz CT molecular complexity index is 993. The number of ether oxygens (including phenoxy) is 2. The maximum Gasteiger partial charge on any atom is 0.408 e. The Morgan fingerprint density at radius 1 is 1.11 bits per heavy atom. The van der Waals surface area contributed by atoms with E-state index < -0.39 is 54.7 Å². The smallest absolute Gasteiger partial charge is 0.408 e. The minimum Gasteiger partial charge on any atom is -0.468 e. The van der Waals surface area contributed by atoms with Gasteiger partial charge in [-0.3, -0.25) is 14.4 Å². The Kier molecular flexibility index (Phi) is 11.4. The van der Waals surface area contributed by atoms with Crippen LogP contribution in [-0.2, 0) is 23.9 Å². The summed E-state index contributed by atoms with van der Waals surface area (Å²) in [6, 6.07) is 4.94. The number of benzene rings is 1. The number of alkyl carbamates (subject to hydrolysis) is 1. The molecule has 36 heavy (non-hydrogen) atoms. The van der Waals surface area contributed by atoms with Crippen molar-refractivity contribution in [3.05, 3.63) is 34.9 Å². The Hall–Kier alpha value is -3.61. The normalized spacial score (nSPS) is 12.7. The fourth-order valence-corrected chi connectivity index (χ4v) is 3.45. The van der Waals surface area contributed by atoms with Crippen molar-refractivity contribution in [1.29, 1.82) is 5.26 Å². The molecule has 0 fully saturated rings. The van der Waals surface area contributed by atoms with E-state index in [0.29, 0.717) is 5.56 Å². The number of nitrogens with one attached hydrogen (secondary N) is 2. The lowest BCUT2D eigenvalue weighted by atomic mass is 9.97. The molecule has 2 N–H and O–H groups in total. The van der Waals surface area contributed by atoms with Gasteiger partial charge in [0, 0.05) is 0 Å². The molecule has 0 spiro atoms. The standard InChI is InChI=1S/C26H38N4O6/c1-16(2)13-20(29-25(34)36-26(5,6)7)24(33)30(12-11-27)22(23(32)28-15-21(31)35-8)19-10-9-17(3)18(4)14-19/h9-10,14,16,20,22H,12-13,15H2,1-8H3,(H,28,32)(H,29,34). The minimum atomic E-state index is -1.23. The van der Waals surface area contributed by atoms with Crippen LogP contribution < -0.4 is 10.6 Å². The summed E-state index contributed by atoms with van der Waals surface area (Å²) in [7, 11) is 1.19. The van der Waals surface area contributed by atoms with Crippen LogP contribution >= 0.6 is 0 Å². The van der Waals surface area contributed by atoms with E-state index in [2.05, 4.69) is 15.4 Å².